The van der Waals surface area contributed by atoms with Crippen LogP contribution in [0.4, 0.5) is 0 Å². The van der Waals surface area contributed by atoms with Crippen LogP contribution in [0.1, 0.15) is 56.2 Å². The Bertz CT molecular complexity index is 1030. The van der Waals surface area contributed by atoms with E-state index in [1.807, 2.05) is 12.1 Å². The van der Waals surface area contributed by atoms with Gasteiger partial charge < -0.3 is 9.88 Å². The summed E-state index contributed by atoms with van der Waals surface area (Å²) in [5, 5.41) is 0. The maximum atomic E-state index is 13.0. The molecule has 0 bridgehead atoms. The van der Waals surface area contributed by atoms with Crippen LogP contribution in [-0.2, 0) is 16.6 Å². The summed E-state index contributed by atoms with van der Waals surface area (Å²) < 4.78 is 0. The molecule has 1 aliphatic heterocycles. The molecule has 6 rings (SSSR count). The van der Waals surface area contributed by atoms with Crippen molar-refractivity contribution in [1.82, 2.24) is 19.9 Å². The van der Waals surface area contributed by atoms with Crippen molar-refractivity contribution in [3.05, 3.63) is 46.1 Å². The van der Waals surface area contributed by atoms with Crippen LogP contribution in [0.5, 0.6) is 0 Å². The Labute approximate surface area is 169 Å². The fourth-order valence-corrected chi connectivity index (χ4v) is 6.03. The molecule has 1 N–H and O–H groups in total. The molecule has 0 radical (unpaired) electrons. The largest absolute Gasteiger partial charge is 0.342 e. The summed E-state index contributed by atoms with van der Waals surface area (Å²) in [5.41, 5.74) is 2.95. The van der Waals surface area contributed by atoms with Gasteiger partial charge in [0.1, 0.15) is 5.82 Å². The monoisotopic (exact) mass is 390 g/mol. The summed E-state index contributed by atoms with van der Waals surface area (Å²) in [6.45, 7) is 1.59. The first-order valence-electron chi connectivity index (χ1n) is 10.9. The standard InChI is InChI=1S/C23H26N4O2/c28-20-16-4-7-22(18(16)25-19(26-20)15-3-1-10-24-14-15)8-11-27(12-9-22)21(29)17-13-23(17)5-2-6-23/h1,3,10,14,17H,2,4-9,11-13H2,(H,25,26,28). The number of aromatic amines is 1. The molecule has 2 aromatic heterocycles. The number of nitrogens with one attached hydrogen (secondary N) is 1. The number of piperidine rings is 1. The van der Waals surface area contributed by atoms with Crippen molar-refractivity contribution >= 4 is 5.91 Å². The van der Waals surface area contributed by atoms with E-state index in [0.717, 1.165) is 62.0 Å². The highest BCUT2D eigenvalue weighted by Gasteiger charge is 2.62. The van der Waals surface area contributed by atoms with Crippen molar-refractivity contribution in [2.24, 2.45) is 11.3 Å². The van der Waals surface area contributed by atoms with Gasteiger partial charge in [0.25, 0.3) is 5.56 Å². The first-order valence-corrected chi connectivity index (χ1v) is 10.9. The topological polar surface area (TPSA) is 79.0 Å². The molecular weight excluding hydrogens is 364 g/mol. The Kier molecular flexibility index (Phi) is 3.59. The molecule has 3 heterocycles. The quantitative estimate of drug-likeness (QED) is 0.855. The Balaban J connectivity index is 1.25. The van der Waals surface area contributed by atoms with Crippen LogP contribution < -0.4 is 5.56 Å². The zero-order valence-corrected chi connectivity index (χ0v) is 16.6. The highest BCUT2D eigenvalue weighted by Crippen LogP contribution is 2.66. The van der Waals surface area contributed by atoms with E-state index in [-0.39, 0.29) is 11.0 Å². The van der Waals surface area contributed by atoms with Crippen molar-refractivity contribution in [3.8, 4) is 11.4 Å². The second kappa shape index (κ2) is 6.00. The minimum absolute atomic E-state index is 0.0193. The lowest BCUT2D eigenvalue weighted by Gasteiger charge is -2.40. The molecule has 6 nitrogen and oxygen atoms in total. The highest BCUT2D eigenvalue weighted by molar-refractivity contribution is 5.83. The van der Waals surface area contributed by atoms with Crippen molar-refractivity contribution < 1.29 is 4.79 Å². The van der Waals surface area contributed by atoms with Gasteiger partial charge in [-0.15, -0.1) is 0 Å². The summed E-state index contributed by atoms with van der Waals surface area (Å²) in [6, 6.07) is 3.78. The van der Waals surface area contributed by atoms with E-state index in [0.29, 0.717) is 23.1 Å². The van der Waals surface area contributed by atoms with E-state index in [1.54, 1.807) is 12.4 Å². The number of aromatic nitrogens is 3. The zero-order valence-electron chi connectivity index (χ0n) is 16.6. The number of hydrogen-bond donors (Lipinski definition) is 1. The number of fused-ring (bicyclic) bond motifs is 2. The molecule has 2 aromatic rings. The van der Waals surface area contributed by atoms with Gasteiger partial charge in [-0.3, -0.25) is 14.6 Å². The molecule has 1 amide bonds. The third-order valence-electron chi connectivity index (χ3n) is 8.18. The average Bonchev–Trinajstić information content (AvgIpc) is 3.41. The van der Waals surface area contributed by atoms with E-state index in [1.165, 1.54) is 19.3 Å². The SMILES string of the molecule is O=C(C1CC12CCC2)N1CCC2(CCc3c2nc(-c2cccnc2)[nH]c3=O)CC1. The average molecular weight is 390 g/mol. The fourth-order valence-electron chi connectivity index (χ4n) is 6.03. The first-order chi connectivity index (χ1) is 14.1. The maximum Gasteiger partial charge on any atom is 0.254 e. The summed E-state index contributed by atoms with van der Waals surface area (Å²) >= 11 is 0. The number of hydrogen-bond acceptors (Lipinski definition) is 4. The van der Waals surface area contributed by atoms with Gasteiger partial charge >= 0.3 is 0 Å². The van der Waals surface area contributed by atoms with Crippen LogP contribution in [0.2, 0.25) is 0 Å². The van der Waals surface area contributed by atoms with Crippen LogP contribution in [0.15, 0.2) is 29.3 Å². The Morgan fingerprint density at radius 3 is 2.66 bits per heavy atom. The fraction of sp³-hybridized carbons (Fsp3) is 0.565. The van der Waals surface area contributed by atoms with Gasteiger partial charge in [0, 0.05) is 47.9 Å². The third-order valence-corrected chi connectivity index (χ3v) is 8.18. The summed E-state index contributed by atoms with van der Waals surface area (Å²) in [4.78, 5) is 39.8. The molecule has 4 aliphatic rings. The molecule has 150 valence electrons. The summed E-state index contributed by atoms with van der Waals surface area (Å²) in [7, 11) is 0. The van der Waals surface area contributed by atoms with Gasteiger partial charge in [-0.25, -0.2) is 4.98 Å². The van der Waals surface area contributed by atoms with Crippen molar-refractivity contribution in [2.75, 3.05) is 13.1 Å². The van der Waals surface area contributed by atoms with Gasteiger partial charge in [0.15, 0.2) is 0 Å². The third kappa shape index (κ3) is 2.54. The number of rotatable bonds is 2. The zero-order chi connectivity index (χ0) is 19.6. The van der Waals surface area contributed by atoms with Gasteiger partial charge in [0.2, 0.25) is 5.91 Å². The molecule has 3 aliphatic carbocycles. The molecule has 1 unspecified atom stereocenters. The summed E-state index contributed by atoms with van der Waals surface area (Å²) in [5.74, 6) is 1.28. The van der Waals surface area contributed by atoms with Crippen LogP contribution in [-0.4, -0.2) is 38.8 Å². The molecule has 3 fully saturated rings. The Morgan fingerprint density at radius 2 is 2.00 bits per heavy atom. The van der Waals surface area contributed by atoms with E-state index in [2.05, 4.69) is 14.9 Å². The van der Waals surface area contributed by atoms with Crippen LogP contribution >= 0.6 is 0 Å². The number of H-pyrrole nitrogens is 1. The second-order valence-electron chi connectivity index (χ2n) is 9.56. The van der Waals surface area contributed by atoms with Gasteiger partial charge in [-0.05, 0) is 62.5 Å². The van der Waals surface area contributed by atoms with E-state index >= 15 is 0 Å². The molecule has 29 heavy (non-hydrogen) atoms. The van der Waals surface area contributed by atoms with E-state index < -0.39 is 0 Å². The minimum atomic E-state index is -0.0605. The maximum absolute atomic E-state index is 13.0. The predicted octanol–water partition coefficient (Wildman–Crippen LogP) is 2.83. The summed E-state index contributed by atoms with van der Waals surface area (Å²) in [6.07, 6.45) is 11.9. The van der Waals surface area contributed by atoms with Crippen molar-refractivity contribution in [3.63, 3.8) is 0 Å². The highest BCUT2D eigenvalue weighted by atomic mass is 16.2. The van der Waals surface area contributed by atoms with Crippen LogP contribution in [0, 0.1) is 11.3 Å². The molecule has 1 saturated heterocycles. The van der Waals surface area contributed by atoms with Gasteiger partial charge in [-0.2, -0.15) is 0 Å². The lowest BCUT2D eigenvalue weighted by atomic mass is 9.75. The Morgan fingerprint density at radius 1 is 1.17 bits per heavy atom. The van der Waals surface area contributed by atoms with Gasteiger partial charge in [0.05, 0.1) is 5.69 Å². The van der Waals surface area contributed by atoms with Crippen molar-refractivity contribution in [1.29, 1.82) is 0 Å². The first kappa shape index (κ1) is 17.4. The van der Waals surface area contributed by atoms with Crippen LogP contribution in [0.3, 0.4) is 0 Å². The van der Waals surface area contributed by atoms with Gasteiger partial charge in [-0.1, -0.05) is 6.42 Å². The lowest BCUT2D eigenvalue weighted by Crippen LogP contribution is -2.46. The number of amides is 1. The number of likely N-dealkylation sites (tertiary alicyclic amines) is 1. The normalized spacial score (nSPS) is 25.7. The second-order valence-corrected chi connectivity index (χ2v) is 9.56. The number of carbonyl (C=O) groups is 1. The molecule has 1 atom stereocenters. The Hall–Kier alpha value is -2.50. The van der Waals surface area contributed by atoms with Crippen molar-refractivity contribution in [2.45, 2.75) is 56.8 Å². The number of pyridine rings is 1. The predicted molar refractivity (Wildman–Crippen MR) is 108 cm³/mol. The lowest BCUT2D eigenvalue weighted by molar-refractivity contribution is -0.135. The molecule has 0 aromatic carbocycles. The molecule has 6 heteroatoms. The molecule has 2 saturated carbocycles. The number of nitrogens with zero attached hydrogens (tertiary/aromatic N) is 3. The molecular formula is C23H26N4O2. The van der Waals surface area contributed by atoms with E-state index in [9.17, 15) is 9.59 Å². The number of carbonyl (C=O) groups excluding carboxylic acids is 1. The smallest absolute Gasteiger partial charge is 0.254 e. The van der Waals surface area contributed by atoms with Crippen LogP contribution in [0.25, 0.3) is 11.4 Å². The van der Waals surface area contributed by atoms with E-state index in [4.69, 9.17) is 4.98 Å². The minimum Gasteiger partial charge on any atom is -0.342 e. The molecule has 2 spiro atoms.